The Morgan fingerprint density at radius 2 is 2.12 bits per heavy atom. The second-order valence-electron chi connectivity index (χ2n) is 6.93. The van der Waals surface area contributed by atoms with Crippen LogP contribution in [0.1, 0.15) is 25.7 Å². The smallest absolute Gasteiger partial charge is 0.241 e. The first-order valence-electron chi connectivity index (χ1n) is 8.38. The Morgan fingerprint density at radius 3 is 2.68 bits per heavy atom. The third kappa shape index (κ3) is 4.03. The molecule has 2 aliphatic carbocycles. The van der Waals surface area contributed by atoms with Crippen LogP contribution in [-0.2, 0) is 14.8 Å². The zero-order valence-corrected chi connectivity index (χ0v) is 15.9. The molecule has 3 unspecified atom stereocenters. The van der Waals surface area contributed by atoms with E-state index >= 15 is 0 Å². The molecule has 0 radical (unpaired) electrons. The summed E-state index contributed by atoms with van der Waals surface area (Å²) in [6.45, 7) is -0.288. The van der Waals surface area contributed by atoms with Gasteiger partial charge in [0, 0.05) is 11.1 Å². The van der Waals surface area contributed by atoms with E-state index in [1.165, 1.54) is 26.0 Å². The van der Waals surface area contributed by atoms with Gasteiger partial charge in [-0.25, -0.2) is 8.42 Å². The number of benzene rings is 1. The molecule has 2 aliphatic rings. The number of nitrogens with zero attached hydrogens (tertiary/aromatic N) is 1. The lowest BCUT2D eigenvalue weighted by Crippen LogP contribution is -2.45. The van der Waals surface area contributed by atoms with Crippen molar-refractivity contribution in [3.05, 3.63) is 23.2 Å². The van der Waals surface area contributed by atoms with E-state index in [1.54, 1.807) is 12.1 Å². The van der Waals surface area contributed by atoms with Gasteiger partial charge in [0.1, 0.15) is 12.3 Å². The topological polar surface area (TPSA) is 75.7 Å². The largest absolute Gasteiger partial charge is 0.495 e. The first-order chi connectivity index (χ1) is 11.8. The van der Waals surface area contributed by atoms with Crippen molar-refractivity contribution in [3.8, 4) is 5.75 Å². The fourth-order valence-electron chi connectivity index (χ4n) is 4.04. The zero-order valence-electron chi connectivity index (χ0n) is 14.4. The Balaban J connectivity index is 1.78. The number of carbonyl (C=O) groups excluding carboxylic acids is 1. The number of fused-ring (bicyclic) bond motifs is 2. The molecule has 0 saturated heterocycles. The third-order valence-corrected chi connectivity index (χ3v) is 6.54. The highest BCUT2D eigenvalue weighted by molar-refractivity contribution is 7.92. The number of nitrogens with one attached hydrogen (secondary N) is 1. The van der Waals surface area contributed by atoms with E-state index in [-0.39, 0.29) is 24.2 Å². The minimum absolute atomic E-state index is 0.161. The second-order valence-corrected chi connectivity index (χ2v) is 9.28. The molecule has 25 heavy (non-hydrogen) atoms. The van der Waals surface area contributed by atoms with Gasteiger partial charge in [-0.1, -0.05) is 18.0 Å². The maximum absolute atomic E-state index is 12.5. The number of halogens is 1. The van der Waals surface area contributed by atoms with Crippen molar-refractivity contribution in [2.45, 2.75) is 31.7 Å². The lowest BCUT2D eigenvalue weighted by Gasteiger charge is -2.27. The maximum atomic E-state index is 12.5. The Morgan fingerprint density at radius 1 is 1.36 bits per heavy atom. The van der Waals surface area contributed by atoms with Crippen molar-refractivity contribution in [1.82, 2.24) is 5.32 Å². The molecule has 2 bridgehead atoms. The molecule has 3 rings (SSSR count). The molecule has 2 fully saturated rings. The predicted octanol–water partition coefficient (Wildman–Crippen LogP) is 2.42. The van der Waals surface area contributed by atoms with Crippen LogP contribution >= 0.6 is 11.6 Å². The third-order valence-electron chi connectivity index (χ3n) is 5.18. The van der Waals surface area contributed by atoms with Gasteiger partial charge in [0.2, 0.25) is 15.9 Å². The maximum Gasteiger partial charge on any atom is 0.241 e. The van der Waals surface area contributed by atoms with E-state index in [2.05, 4.69) is 5.32 Å². The van der Waals surface area contributed by atoms with Gasteiger partial charge in [-0.2, -0.15) is 0 Å². The van der Waals surface area contributed by atoms with Gasteiger partial charge in [-0.3, -0.25) is 9.10 Å². The number of anilines is 1. The number of rotatable bonds is 6. The normalized spacial score (nSPS) is 25.0. The molecule has 6 nitrogen and oxygen atoms in total. The van der Waals surface area contributed by atoms with Crippen LogP contribution in [0, 0.1) is 11.8 Å². The van der Waals surface area contributed by atoms with Crippen molar-refractivity contribution in [3.63, 3.8) is 0 Å². The van der Waals surface area contributed by atoms with E-state index in [9.17, 15) is 13.2 Å². The van der Waals surface area contributed by atoms with E-state index < -0.39 is 10.0 Å². The molecule has 1 aromatic carbocycles. The first-order valence-corrected chi connectivity index (χ1v) is 10.6. The lowest BCUT2D eigenvalue weighted by molar-refractivity contribution is -0.120. The highest BCUT2D eigenvalue weighted by Crippen LogP contribution is 2.44. The lowest BCUT2D eigenvalue weighted by atomic mass is 9.95. The van der Waals surface area contributed by atoms with Crippen LogP contribution in [0.2, 0.25) is 5.02 Å². The molecule has 2 saturated carbocycles. The molecular formula is C17H23ClN2O4S. The summed E-state index contributed by atoms with van der Waals surface area (Å²) >= 11 is 6.01. The number of sulfonamides is 1. The Bertz CT molecular complexity index is 768. The van der Waals surface area contributed by atoms with Crippen LogP contribution in [0.5, 0.6) is 5.75 Å². The fraction of sp³-hybridized carbons (Fsp3) is 0.588. The van der Waals surface area contributed by atoms with Gasteiger partial charge in [-0.15, -0.1) is 0 Å². The van der Waals surface area contributed by atoms with Crippen LogP contribution in [0.15, 0.2) is 18.2 Å². The summed E-state index contributed by atoms with van der Waals surface area (Å²) in [7, 11) is -2.23. The van der Waals surface area contributed by atoms with E-state index in [1.807, 2.05) is 0 Å². The molecular weight excluding hydrogens is 364 g/mol. The summed E-state index contributed by atoms with van der Waals surface area (Å²) in [5.41, 5.74) is 0.264. The van der Waals surface area contributed by atoms with E-state index in [4.69, 9.17) is 16.3 Å². The van der Waals surface area contributed by atoms with Crippen molar-refractivity contribution in [1.29, 1.82) is 0 Å². The molecule has 3 atom stereocenters. The van der Waals surface area contributed by atoms with Crippen LogP contribution in [0.3, 0.4) is 0 Å². The number of ether oxygens (including phenoxy) is 1. The molecule has 1 amide bonds. The zero-order chi connectivity index (χ0) is 18.2. The molecule has 0 spiro atoms. The highest BCUT2D eigenvalue weighted by Gasteiger charge is 2.40. The quantitative estimate of drug-likeness (QED) is 0.814. The minimum atomic E-state index is -3.67. The van der Waals surface area contributed by atoms with Crippen LogP contribution in [-0.4, -0.2) is 40.3 Å². The van der Waals surface area contributed by atoms with Crippen molar-refractivity contribution in [2.24, 2.45) is 11.8 Å². The summed E-state index contributed by atoms with van der Waals surface area (Å²) in [6, 6.07) is 4.85. The minimum Gasteiger partial charge on any atom is -0.495 e. The standard InChI is InChI=1S/C17H23ClN2O4S/c1-24-16-6-5-13(18)9-15(16)20(25(2,22)23)10-17(21)19-14-8-11-3-4-12(14)7-11/h5-6,9,11-12,14H,3-4,7-8,10H2,1-2H3,(H,19,21). The predicted molar refractivity (Wildman–Crippen MR) is 97.6 cm³/mol. The molecule has 0 heterocycles. The monoisotopic (exact) mass is 386 g/mol. The molecule has 0 aromatic heterocycles. The van der Waals surface area contributed by atoms with Crippen LogP contribution in [0.4, 0.5) is 5.69 Å². The number of hydrogen-bond acceptors (Lipinski definition) is 4. The molecule has 1 aromatic rings. The first kappa shape index (κ1) is 18.3. The SMILES string of the molecule is COc1ccc(Cl)cc1N(CC(=O)NC1CC2CCC1C2)S(C)(=O)=O. The summed E-state index contributed by atoms with van der Waals surface area (Å²) in [4.78, 5) is 12.5. The van der Waals surface area contributed by atoms with E-state index in [0.717, 1.165) is 23.4 Å². The van der Waals surface area contributed by atoms with Gasteiger partial charge in [0.25, 0.3) is 0 Å². The summed E-state index contributed by atoms with van der Waals surface area (Å²) in [6.07, 6.45) is 5.62. The average molecular weight is 387 g/mol. The van der Waals surface area contributed by atoms with Crippen molar-refractivity contribution in [2.75, 3.05) is 24.2 Å². The van der Waals surface area contributed by atoms with Crippen molar-refractivity contribution < 1.29 is 17.9 Å². The number of methoxy groups -OCH3 is 1. The average Bonchev–Trinajstić information content (AvgIpc) is 3.14. The Kier molecular flexibility index (Phi) is 5.16. The van der Waals surface area contributed by atoms with Crippen molar-refractivity contribution >= 4 is 33.2 Å². The van der Waals surface area contributed by atoms with Gasteiger partial charge in [0.05, 0.1) is 19.1 Å². The molecule has 8 heteroatoms. The van der Waals surface area contributed by atoms with Gasteiger partial charge in [-0.05, 0) is 49.3 Å². The molecule has 1 N–H and O–H groups in total. The van der Waals surface area contributed by atoms with Crippen LogP contribution in [0.25, 0.3) is 0 Å². The van der Waals surface area contributed by atoms with Gasteiger partial charge < -0.3 is 10.1 Å². The molecule has 138 valence electrons. The Labute approximate surface area is 153 Å². The number of carbonyl (C=O) groups is 1. The fourth-order valence-corrected chi connectivity index (χ4v) is 5.06. The second kappa shape index (κ2) is 7.03. The van der Waals surface area contributed by atoms with E-state index in [0.29, 0.717) is 22.6 Å². The summed E-state index contributed by atoms with van der Waals surface area (Å²) < 4.78 is 30.8. The summed E-state index contributed by atoms with van der Waals surface area (Å²) in [5.74, 6) is 1.28. The molecule has 0 aliphatic heterocycles. The number of hydrogen-bond donors (Lipinski definition) is 1. The Hall–Kier alpha value is -1.47. The number of amides is 1. The highest BCUT2D eigenvalue weighted by atomic mass is 35.5. The van der Waals surface area contributed by atoms with Gasteiger partial charge >= 0.3 is 0 Å². The summed E-state index contributed by atoms with van der Waals surface area (Å²) in [5, 5.41) is 3.39. The van der Waals surface area contributed by atoms with Crippen LogP contribution < -0.4 is 14.4 Å². The van der Waals surface area contributed by atoms with Gasteiger partial charge in [0.15, 0.2) is 0 Å².